The molecule has 1 amide bonds. The summed E-state index contributed by atoms with van der Waals surface area (Å²) in [4.78, 5) is 35.8. The number of fused-ring (bicyclic) bond motifs is 1. The van der Waals surface area contributed by atoms with Crippen molar-refractivity contribution >= 4 is 35.1 Å². The molecule has 0 radical (unpaired) electrons. The van der Waals surface area contributed by atoms with Gasteiger partial charge in [-0.05, 0) is 30.3 Å². The van der Waals surface area contributed by atoms with E-state index >= 15 is 4.39 Å². The van der Waals surface area contributed by atoms with Gasteiger partial charge < -0.3 is 14.6 Å². The summed E-state index contributed by atoms with van der Waals surface area (Å²) in [6, 6.07) is 5.69. The molecule has 2 aromatic carbocycles. The molecule has 3 rings (SSSR count). The Morgan fingerprint density at radius 1 is 1.16 bits per heavy atom. The number of carboxylic acid groups (broad SMARTS) is 1. The van der Waals surface area contributed by atoms with Crippen LogP contribution < -0.4 is 9.64 Å². The van der Waals surface area contributed by atoms with Crippen LogP contribution in [0.15, 0.2) is 36.4 Å². The number of esters is 1. The van der Waals surface area contributed by atoms with Crippen molar-refractivity contribution in [1.82, 2.24) is 0 Å². The highest BCUT2D eigenvalue weighted by molar-refractivity contribution is 6.30. The summed E-state index contributed by atoms with van der Waals surface area (Å²) in [6.45, 7) is -1.01. The summed E-state index contributed by atoms with van der Waals surface area (Å²) >= 11 is 5.94. The second-order valence-corrected chi connectivity index (χ2v) is 7.12. The minimum atomic E-state index is -4.81. The maximum atomic E-state index is 16.4. The first-order valence-corrected chi connectivity index (χ1v) is 9.21. The Hall–Kier alpha value is -3.34. The van der Waals surface area contributed by atoms with Gasteiger partial charge in [-0.1, -0.05) is 17.7 Å². The number of carbonyl (C=O) groups is 3. The normalized spacial score (nSPS) is 17.8. The lowest BCUT2D eigenvalue weighted by Crippen LogP contribution is -2.40. The number of alkyl halides is 4. The van der Waals surface area contributed by atoms with Crippen molar-refractivity contribution in [3.63, 3.8) is 0 Å². The van der Waals surface area contributed by atoms with Crippen molar-refractivity contribution in [3.05, 3.63) is 58.1 Å². The van der Waals surface area contributed by atoms with Crippen LogP contribution in [0.25, 0.3) is 0 Å². The summed E-state index contributed by atoms with van der Waals surface area (Å²) in [6.07, 6.45) is -5.86. The predicted octanol–water partition coefficient (Wildman–Crippen LogP) is 3.90. The maximum Gasteiger partial charge on any atom is 0.416 e. The second-order valence-electron chi connectivity index (χ2n) is 6.68. The smallest absolute Gasteiger partial charge is 0.416 e. The van der Waals surface area contributed by atoms with Crippen LogP contribution in [0, 0.1) is 0 Å². The summed E-state index contributed by atoms with van der Waals surface area (Å²) in [5, 5.41) is 8.67. The van der Waals surface area contributed by atoms with Crippen molar-refractivity contribution in [1.29, 1.82) is 0 Å². The fourth-order valence-electron chi connectivity index (χ4n) is 3.28. The largest absolute Gasteiger partial charge is 0.496 e. The third-order valence-electron chi connectivity index (χ3n) is 4.71. The molecule has 1 aliphatic rings. The predicted molar refractivity (Wildman–Crippen MR) is 102 cm³/mol. The van der Waals surface area contributed by atoms with Crippen LogP contribution >= 0.6 is 11.6 Å². The molecule has 0 bridgehead atoms. The number of methoxy groups -OCH3 is 1. The zero-order valence-corrected chi connectivity index (χ0v) is 17.0. The average molecular weight is 476 g/mol. The van der Waals surface area contributed by atoms with Crippen molar-refractivity contribution in [3.8, 4) is 5.75 Å². The maximum absolute atomic E-state index is 16.4. The average Bonchev–Trinajstić information content (AvgIpc) is 2.92. The molecule has 0 saturated carbocycles. The summed E-state index contributed by atoms with van der Waals surface area (Å²) in [5.41, 5.74) is -5.51. The minimum absolute atomic E-state index is 0.0328. The highest BCUT2D eigenvalue weighted by atomic mass is 35.5. The number of nitrogens with zero attached hydrogens (tertiary/aromatic N) is 1. The van der Waals surface area contributed by atoms with Gasteiger partial charge in [0.2, 0.25) is 5.67 Å². The van der Waals surface area contributed by atoms with E-state index in [0.717, 1.165) is 12.1 Å². The highest BCUT2D eigenvalue weighted by Crippen LogP contribution is 2.51. The molecule has 0 aliphatic carbocycles. The van der Waals surface area contributed by atoms with Crippen LogP contribution in [0.2, 0.25) is 5.02 Å². The topological polar surface area (TPSA) is 93.1 Å². The van der Waals surface area contributed by atoms with Gasteiger partial charge in [0.15, 0.2) is 6.73 Å². The monoisotopic (exact) mass is 475 g/mol. The molecule has 1 aliphatic heterocycles. The van der Waals surface area contributed by atoms with Crippen LogP contribution in [0.5, 0.6) is 5.75 Å². The van der Waals surface area contributed by atoms with Crippen molar-refractivity contribution in [2.45, 2.75) is 18.3 Å². The molecule has 0 unspecified atom stereocenters. The lowest BCUT2D eigenvalue weighted by atomic mass is 9.88. The number of hydrogen-bond acceptors (Lipinski definition) is 5. The summed E-state index contributed by atoms with van der Waals surface area (Å²) < 4.78 is 65.9. The Labute approximate surface area is 183 Å². The lowest BCUT2D eigenvalue weighted by Gasteiger charge is -2.23. The number of amides is 1. The molecule has 0 aromatic heterocycles. The first-order chi connectivity index (χ1) is 14.9. The van der Waals surface area contributed by atoms with Gasteiger partial charge in [0.1, 0.15) is 12.2 Å². The first-order valence-electron chi connectivity index (χ1n) is 8.83. The van der Waals surface area contributed by atoms with Gasteiger partial charge in [-0.3, -0.25) is 19.3 Å². The summed E-state index contributed by atoms with van der Waals surface area (Å²) in [7, 11) is 1.20. The fraction of sp³-hybridized carbons (Fsp3) is 0.250. The number of carbonyl (C=O) groups excluding carboxylic acids is 2. The Morgan fingerprint density at radius 2 is 1.84 bits per heavy atom. The molecule has 32 heavy (non-hydrogen) atoms. The second kappa shape index (κ2) is 8.30. The molecular weight excluding hydrogens is 462 g/mol. The molecule has 1 N–H and O–H groups in total. The molecule has 170 valence electrons. The van der Waals surface area contributed by atoms with Gasteiger partial charge in [0.25, 0.3) is 5.91 Å². The van der Waals surface area contributed by atoms with E-state index in [9.17, 15) is 27.6 Å². The Morgan fingerprint density at radius 3 is 2.44 bits per heavy atom. The summed E-state index contributed by atoms with van der Waals surface area (Å²) in [5.74, 6) is -4.25. The quantitative estimate of drug-likeness (QED) is 0.387. The fourth-order valence-corrected chi connectivity index (χ4v) is 3.45. The third kappa shape index (κ3) is 4.07. The van der Waals surface area contributed by atoms with Gasteiger partial charge in [-0.2, -0.15) is 13.2 Å². The first kappa shape index (κ1) is 23.3. The van der Waals surface area contributed by atoms with Crippen molar-refractivity contribution in [2.24, 2.45) is 0 Å². The minimum Gasteiger partial charge on any atom is -0.496 e. The zero-order valence-electron chi connectivity index (χ0n) is 16.2. The van der Waals surface area contributed by atoms with Gasteiger partial charge in [0.05, 0.1) is 18.4 Å². The molecule has 1 atom stereocenters. The number of rotatable bonds is 6. The zero-order chi connectivity index (χ0) is 23.8. The van der Waals surface area contributed by atoms with Gasteiger partial charge >= 0.3 is 18.1 Å². The van der Waals surface area contributed by atoms with Crippen molar-refractivity contribution in [2.75, 3.05) is 18.7 Å². The number of benzene rings is 2. The van der Waals surface area contributed by atoms with E-state index in [2.05, 4.69) is 4.74 Å². The number of aliphatic carboxylic acids is 1. The van der Waals surface area contributed by atoms with E-state index in [-0.39, 0.29) is 16.3 Å². The van der Waals surface area contributed by atoms with Gasteiger partial charge in [-0.15, -0.1) is 0 Å². The van der Waals surface area contributed by atoms with Crippen LogP contribution in [0.1, 0.15) is 23.1 Å². The van der Waals surface area contributed by atoms with Gasteiger partial charge in [0, 0.05) is 16.1 Å². The molecule has 12 heteroatoms. The van der Waals surface area contributed by atoms with Crippen molar-refractivity contribution < 1.29 is 46.5 Å². The SMILES string of the molecule is COc1ccc(Cl)cc1[C@]1(F)C(=O)N(COC(=O)CC(=O)O)c2cc(C(F)(F)F)ccc21. The Bertz CT molecular complexity index is 1110. The van der Waals surface area contributed by atoms with E-state index in [1.165, 1.54) is 19.2 Å². The Kier molecular flexibility index (Phi) is 6.05. The van der Waals surface area contributed by atoms with E-state index < -0.39 is 59.7 Å². The number of ether oxygens (including phenoxy) is 2. The molecule has 0 saturated heterocycles. The highest BCUT2D eigenvalue weighted by Gasteiger charge is 2.55. The Balaban J connectivity index is 2.14. The lowest BCUT2D eigenvalue weighted by molar-refractivity contribution is -0.151. The van der Waals surface area contributed by atoms with Crippen LogP contribution in [-0.2, 0) is 31.0 Å². The van der Waals surface area contributed by atoms with E-state index in [0.29, 0.717) is 17.0 Å². The van der Waals surface area contributed by atoms with Crippen LogP contribution in [0.3, 0.4) is 0 Å². The van der Waals surface area contributed by atoms with E-state index in [1.54, 1.807) is 0 Å². The molecule has 1 heterocycles. The number of anilines is 1. The molecule has 2 aromatic rings. The third-order valence-corrected chi connectivity index (χ3v) is 4.94. The molecule has 7 nitrogen and oxygen atoms in total. The number of halogens is 5. The van der Waals surface area contributed by atoms with Crippen LogP contribution in [0.4, 0.5) is 23.2 Å². The number of carboxylic acids is 1. The standard InChI is InChI=1S/C20H14ClF4NO6/c1-31-15-5-3-11(21)7-13(15)19(22)12-4-2-10(20(23,24)25)6-14(12)26(18(19)30)9-32-17(29)8-16(27)28/h2-7H,8-9H2,1H3,(H,27,28)/t19-/m0/s1. The molecule has 0 fully saturated rings. The van der Waals surface area contributed by atoms with Crippen LogP contribution in [-0.4, -0.2) is 36.8 Å². The molecule has 0 spiro atoms. The number of hydrogen-bond donors (Lipinski definition) is 1. The van der Waals surface area contributed by atoms with Gasteiger partial charge in [-0.25, -0.2) is 4.39 Å². The van der Waals surface area contributed by atoms with E-state index in [1.807, 2.05) is 0 Å². The molecular formula is C20H14ClF4NO6. The van der Waals surface area contributed by atoms with E-state index in [4.69, 9.17) is 21.4 Å².